The average molecular weight is 171 g/mol. The Morgan fingerprint density at radius 3 is 2.67 bits per heavy atom. The van der Waals surface area contributed by atoms with Crippen molar-refractivity contribution in [3.05, 3.63) is 0 Å². The fourth-order valence-corrected chi connectivity index (χ4v) is 1.52. The van der Waals surface area contributed by atoms with E-state index in [1.165, 1.54) is 14.0 Å². The van der Waals surface area contributed by atoms with Crippen molar-refractivity contribution in [3.8, 4) is 0 Å². The average Bonchev–Trinajstić information content (AvgIpc) is 2.50. The number of nitrogens with zero attached hydrogens (tertiary/aromatic N) is 1. The van der Waals surface area contributed by atoms with Gasteiger partial charge in [-0.2, -0.15) is 0 Å². The fraction of sp³-hybridized carbons (Fsp3) is 0.750. The smallest absolute Gasteiger partial charge is 0.328 e. The number of amides is 1. The first-order chi connectivity index (χ1) is 5.66. The van der Waals surface area contributed by atoms with Crippen molar-refractivity contribution in [3.63, 3.8) is 0 Å². The molecule has 0 aromatic carbocycles. The minimum atomic E-state index is -0.340. The Hall–Kier alpha value is -1.06. The van der Waals surface area contributed by atoms with Gasteiger partial charge in [-0.15, -0.1) is 0 Å². The van der Waals surface area contributed by atoms with Crippen LogP contribution in [0, 0.1) is 0 Å². The molecule has 0 N–H and O–H groups in total. The van der Waals surface area contributed by atoms with Crippen LogP contribution in [0.1, 0.15) is 19.8 Å². The van der Waals surface area contributed by atoms with Gasteiger partial charge < -0.3 is 9.64 Å². The summed E-state index contributed by atoms with van der Waals surface area (Å²) in [5, 5.41) is 0. The summed E-state index contributed by atoms with van der Waals surface area (Å²) < 4.78 is 4.58. The monoisotopic (exact) mass is 171 g/mol. The summed E-state index contributed by atoms with van der Waals surface area (Å²) in [7, 11) is 1.35. The Bertz CT molecular complexity index is 202. The zero-order valence-corrected chi connectivity index (χ0v) is 7.37. The van der Waals surface area contributed by atoms with E-state index in [1.807, 2.05) is 0 Å². The third-order valence-corrected chi connectivity index (χ3v) is 2.13. The van der Waals surface area contributed by atoms with Crippen LogP contribution in [0.25, 0.3) is 0 Å². The summed E-state index contributed by atoms with van der Waals surface area (Å²) in [5.41, 5.74) is 0. The lowest BCUT2D eigenvalue weighted by Gasteiger charge is -2.20. The van der Waals surface area contributed by atoms with E-state index < -0.39 is 0 Å². The zero-order valence-electron chi connectivity index (χ0n) is 7.37. The standard InChI is InChI=1S/C8H13NO3/c1-6(10)9-5-3-4-7(9)8(11)12-2/h7H,3-5H2,1-2H3/t7-/m1/s1. The number of carbonyl (C=O) groups is 2. The second kappa shape index (κ2) is 3.56. The summed E-state index contributed by atoms with van der Waals surface area (Å²) in [4.78, 5) is 23.7. The van der Waals surface area contributed by atoms with Crippen LogP contribution in [0.15, 0.2) is 0 Å². The van der Waals surface area contributed by atoms with Crippen LogP contribution in [-0.4, -0.2) is 36.5 Å². The SMILES string of the molecule is COC(=O)[C@H]1CCCN1C(C)=O. The van der Waals surface area contributed by atoms with E-state index in [0.717, 1.165) is 12.8 Å². The highest BCUT2D eigenvalue weighted by Crippen LogP contribution is 2.17. The third kappa shape index (κ3) is 1.57. The maximum absolute atomic E-state index is 11.1. The molecular formula is C8H13NO3. The van der Waals surface area contributed by atoms with E-state index in [0.29, 0.717) is 6.54 Å². The van der Waals surface area contributed by atoms with Crippen molar-refractivity contribution >= 4 is 11.9 Å². The fourth-order valence-electron chi connectivity index (χ4n) is 1.52. The van der Waals surface area contributed by atoms with Crippen LogP contribution < -0.4 is 0 Å². The highest BCUT2D eigenvalue weighted by Gasteiger charge is 2.32. The van der Waals surface area contributed by atoms with Crippen molar-refractivity contribution < 1.29 is 14.3 Å². The number of ether oxygens (including phenoxy) is 1. The molecule has 1 amide bonds. The van der Waals surface area contributed by atoms with E-state index >= 15 is 0 Å². The molecule has 0 spiro atoms. The first kappa shape index (κ1) is 9.03. The number of hydrogen-bond donors (Lipinski definition) is 0. The van der Waals surface area contributed by atoms with E-state index in [2.05, 4.69) is 4.74 Å². The van der Waals surface area contributed by atoms with Crippen LogP contribution in [-0.2, 0) is 14.3 Å². The molecule has 0 bridgehead atoms. The molecule has 1 atom stereocenters. The number of likely N-dealkylation sites (tertiary alicyclic amines) is 1. The van der Waals surface area contributed by atoms with Crippen molar-refractivity contribution in [2.45, 2.75) is 25.8 Å². The minimum absolute atomic E-state index is 0.0529. The molecule has 0 aliphatic carbocycles. The number of carbonyl (C=O) groups excluding carboxylic acids is 2. The molecule has 0 unspecified atom stereocenters. The third-order valence-electron chi connectivity index (χ3n) is 2.13. The maximum atomic E-state index is 11.1. The van der Waals surface area contributed by atoms with E-state index in [1.54, 1.807) is 4.90 Å². The molecule has 1 aliphatic heterocycles. The molecule has 0 aromatic rings. The molecule has 1 fully saturated rings. The van der Waals surface area contributed by atoms with Gasteiger partial charge in [0.25, 0.3) is 0 Å². The van der Waals surface area contributed by atoms with Crippen molar-refractivity contribution in [1.29, 1.82) is 0 Å². The van der Waals surface area contributed by atoms with Crippen molar-refractivity contribution in [1.82, 2.24) is 4.90 Å². The van der Waals surface area contributed by atoms with E-state index in [9.17, 15) is 9.59 Å². The Morgan fingerprint density at radius 2 is 2.17 bits per heavy atom. The van der Waals surface area contributed by atoms with Crippen LogP contribution in [0.5, 0.6) is 0 Å². The molecule has 68 valence electrons. The van der Waals surface area contributed by atoms with Crippen LogP contribution in [0.2, 0.25) is 0 Å². The van der Waals surface area contributed by atoms with E-state index in [-0.39, 0.29) is 17.9 Å². The van der Waals surface area contributed by atoms with Gasteiger partial charge in [-0.1, -0.05) is 0 Å². The van der Waals surface area contributed by atoms with Crippen molar-refractivity contribution in [2.75, 3.05) is 13.7 Å². The van der Waals surface area contributed by atoms with Crippen LogP contribution in [0.3, 0.4) is 0 Å². The summed E-state index contributed by atoms with van der Waals surface area (Å²) in [5.74, 6) is -0.356. The van der Waals surface area contributed by atoms with Gasteiger partial charge in [0.2, 0.25) is 5.91 Å². The highest BCUT2D eigenvalue weighted by atomic mass is 16.5. The summed E-state index contributed by atoms with van der Waals surface area (Å²) in [6.45, 7) is 2.15. The first-order valence-electron chi connectivity index (χ1n) is 4.02. The molecule has 0 radical (unpaired) electrons. The second-order valence-electron chi connectivity index (χ2n) is 2.89. The van der Waals surface area contributed by atoms with Gasteiger partial charge in [-0.3, -0.25) is 4.79 Å². The number of rotatable bonds is 1. The first-order valence-corrected chi connectivity index (χ1v) is 4.02. The van der Waals surface area contributed by atoms with Gasteiger partial charge in [-0.25, -0.2) is 4.79 Å². The molecule has 1 saturated heterocycles. The second-order valence-corrected chi connectivity index (χ2v) is 2.89. The quantitative estimate of drug-likeness (QED) is 0.528. The Kier molecular flexibility index (Phi) is 2.68. The van der Waals surface area contributed by atoms with Gasteiger partial charge in [0, 0.05) is 13.5 Å². The van der Waals surface area contributed by atoms with Gasteiger partial charge >= 0.3 is 5.97 Å². The Balaban J connectivity index is 2.63. The summed E-state index contributed by atoms with van der Waals surface area (Å²) >= 11 is 0. The molecule has 1 rings (SSSR count). The maximum Gasteiger partial charge on any atom is 0.328 e. The molecule has 1 aliphatic rings. The summed E-state index contributed by atoms with van der Waals surface area (Å²) in [6, 6.07) is -0.340. The van der Waals surface area contributed by atoms with Gasteiger partial charge in [0.1, 0.15) is 6.04 Å². The largest absolute Gasteiger partial charge is 0.467 e. The van der Waals surface area contributed by atoms with Gasteiger partial charge in [0.05, 0.1) is 7.11 Å². The number of methoxy groups -OCH3 is 1. The number of esters is 1. The Labute approximate surface area is 71.5 Å². The lowest BCUT2D eigenvalue weighted by Crippen LogP contribution is -2.39. The molecule has 0 saturated carbocycles. The molecule has 4 heteroatoms. The Morgan fingerprint density at radius 1 is 1.50 bits per heavy atom. The van der Waals surface area contributed by atoms with E-state index in [4.69, 9.17) is 0 Å². The van der Waals surface area contributed by atoms with Crippen LogP contribution in [0.4, 0.5) is 0 Å². The lowest BCUT2D eigenvalue weighted by molar-refractivity contribution is -0.150. The normalized spacial score (nSPS) is 22.5. The van der Waals surface area contributed by atoms with Gasteiger partial charge in [-0.05, 0) is 12.8 Å². The summed E-state index contributed by atoms with van der Waals surface area (Å²) in [6.07, 6.45) is 1.62. The van der Waals surface area contributed by atoms with Gasteiger partial charge in [0.15, 0.2) is 0 Å². The lowest BCUT2D eigenvalue weighted by atomic mass is 10.2. The topological polar surface area (TPSA) is 46.6 Å². The minimum Gasteiger partial charge on any atom is -0.467 e. The molecule has 4 nitrogen and oxygen atoms in total. The highest BCUT2D eigenvalue weighted by molar-refractivity contribution is 5.83. The zero-order chi connectivity index (χ0) is 9.14. The predicted octanol–water partition coefficient (Wildman–Crippen LogP) is 0.170. The molecular weight excluding hydrogens is 158 g/mol. The molecule has 1 heterocycles. The van der Waals surface area contributed by atoms with Crippen molar-refractivity contribution in [2.24, 2.45) is 0 Å². The number of hydrogen-bond acceptors (Lipinski definition) is 3. The molecule has 12 heavy (non-hydrogen) atoms. The predicted molar refractivity (Wildman–Crippen MR) is 42.4 cm³/mol. The van der Waals surface area contributed by atoms with Crippen LogP contribution >= 0.6 is 0 Å². The molecule has 0 aromatic heterocycles.